The van der Waals surface area contributed by atoms with E-state index in [-0.39, 0.29) is 24.2 Å². The smallest absolute Gasteiger partial charge is 0.325 e. The third kappa shape index (κ3) is 4.09. The minimum absolute atomic E-state index is 0.234. The van der Waals surface area contributed by atoms with E-state index in [4.69, 9.17) is 0 Å². The van der Waals surface area contributed by atoms with Crippen LogP contribution in [0.25, 0.3) is 5.65 Å². The highest BCUT2D eigenvalue weighted by atomic mass is 19.1. The molecule has 0 saturated heterocycles. The molecule has 2 heterocycles. The number of nitrogens with zero attached hydrogens (tertiary/aromatic N) is 4. The molecule has 164 valence electrons. The molecule has 0 saturated carbocycles. The summed E-state index contributed by atoms with van der Waals surface area (Å²) in [5.74, 6) is -0.451. The average molecular weight is 434 g/mol. The van der Waals surface area contributed by atoms with E-state index in [1.54, 1.807) is 32.0 Å². The third-order valence-electron chi connectivity index (χ3n) is 5.28. The maximum Gasteiger partial charge on any atom is 0.353 e. The molecule has 0 fully saturated rings. The second kappa shape index (κ2) is 8.26. The highest BCUT2D eigenvalue weighted by Crippen LogP contribution is 2.19. The van der Waals surface area contributed by atoms with Crippen molar-refractivity contribution in [2.24, 2.45) is 0 Å². The van der Waals surface area contributed by atoms with Gasteiger partial charge in [0.25, 0.3) is 0 Å². The van der Waals surface area contributed by atoms with Crippen LogP contribution < -0.4 is 16.3 Å². The van der Waals surface area contributed by atoms with Gasteiger partial charge in [0.05, 0.1) is 0 Å². The van der Waals surface area contributed by atoms with Gasteiger partial charge in [-0.1, -0.05) is 12.1 Å². The second-order valence-corrected chi connectivity index (χ2v) is 7.74. The summed E-state index contributed by atoms with van der Waals surface area (Å²) in [5.41, 5.74) is 4.23. The normalized spacial score (nSPS) is 11.0. The highest BCUT2D eigenvalue weighted by molar-refractivity contribution is 5.91. The van der Waals surface area contributed by atoms with Crippen LogP contribution >= 0.6 is 0 Å². The molecule has 9 heteroatoms. The molecule has 8 nitrogen and oxygen atoms in total. The van der Waals surface area contributed by atoms with Crippen LogP contribution in [0.1, 0.15) is 22.4 Å². The van der Waals surface area contributed by atoms with Crippen LogP contribution in [0.15, 0.2) is 47.3 Å². The van der Waals surface area contributed by atoms with Gasteiger partial charge in [0.2, 0.25) is 11.9 Å². The molecule has 2 N–H and O–H groups in total. The fourth-order valence-corrected chi connectivity index (χ4v) is 3.40. The lowest BCUT2D eigenvalue weighted by Gasteiger charge is -2.10. The maximum atomic E-state index is 13.6. The number of halogens is 1. The Bertz CT molecular complexity index is 1410. The Hall–Kier alpha value is -4.01. The summed E-state index contributed by atoms with van der Waals surface area (Å²) >= 11 is 0. The molecule has 0 aliphatic rings. The number of anilines is 3. The Balaban J connectivity index is 1.65. The van der Waals surface area contributed by atoms with Crippen molar-refractivity contribution in [3.8, 4) is 0 Å². The minimum atomic E-state index is -0.509. The molecular weight excluding hydrogens is 411 g/mol. The SMILES string of the molecule is Cc1cc2nn(CC(=O)Nc3cccc(C)c3C)c(=O)n2c(Nc2ccc(F)c(C)c2)n1. The van der Waals surface area contributed by atoms with Crippen molar-refractivity contribution in [3.63, 3.8) is 0 Å². The Morgan fingerprint density at radius 1 is 1.06 bits per heavy atom. The van der Waals surface area contributed by atoms with E-state index in [1.807, 2.05) is 32.0 Å². The van der Waals surface area contributed by atoms with Crippen molar-refractivity contribution in [1.29, 1.82) is 0 Å². The summed E-state index contributed by atoms with van der Waals surface area (Å²) in [7, 11) is 0. The number of benzene rings is 2. The molecule has 0 radical (unpaired) electrons. The molecule has 0 spiro atoms. The first-order valence-corrected chi connectivity index (χ1v) is 10.1. The van der Waals surface area contributed by atoms with Gasteiger partial charge in [-0.05, 0) is 68.7 Å². The molecule has 1 amide bonds. The number of hydrogen-bond donors (Lipinski definition) is 2. The lowest BCUT2D eigenvalue weighted by molar-refractivity contribution is -0.117. The van der Waals surface area contributed by atoms with Crippen molar-refractivity contribution in [2.45, 2.75) is 34.2 Å². The Morgan fingerprint density at radius 2 is 1.84 bits per heavy atom. The van der Waals surface area contributed by atoms with Gasteiger partial charge in [0, 0.05) is 23.1 Å². The number of aromatic nitrogens is 4. The first kappa shape index (κ1) is 21.2. The molecule has 4 aromatic rings. The zero-order valence-electron chi connectivity index (χ0n) is 18.2. The number of amides is 1. The van der Waals surface area contributed by atoms with E-state index in [1.165, 1.54) is 10.5 Å². The van der Waals surface area contributed by atoms with E-state index < -0.39 is 5.69 Å². The van der Waals surface area contributed by atoms with E-state index in [2.05, 4.69) is 20.7 Å². The summed E-state index contributed by atoms with van der Waals surface area (Å²) in [6.45, 7) is 7.06. The largest absolute Gasteiger partial charge is 0.353 e. The van der Waals surface area contributed by atoms with Crippen LogP contribution in [-0.4, -0.2) is 25.1 Å². The van der Waals surface area contributed by atoms with Gasteiger partial charge in [-0.25, -0.2) is 23.3 Å². The van der Waals surface area contributed by atoms with Crippen LogP contribution in [-0.2, 0) is 11.3 Å². The maximum absolute atomic E-state index is 13.6. The zero-order chi connectivity index (χ0) is 23.0. The monoisotopic (exact) mass is 434 g/mol. The number of rotatable bonds is 5. The number of aryl methyl sites for hydroxylation is 3. The lowest BCUT2D eigenvalue weighted by atomic mass is 10.1. The van der Waals surface area contributed by atoms with Crippen molar-refractivity contribution in [3.05, 3.63) is 81.2 Å². The number of hydrogen-bond acceptors (Lipinski definition) is 5. The summed E-state index contributed by atoms with van der Waals surface area (Å²) < 4.78 is 16.0. The fourth-order valence-electron chi connectivity index (χ4n) is 3.40. The Morgan fingerprint density at radius 3 is 2.59 bits per heavy atom. The number of carbonyl (C=O) groups excluding carboxylic acids is 1. The van der Waals surface area contributed by atoms with E-state index >= 15 is 0 Å². The lowest BCUT2D eigenvalue weighted by Crippen LogP contribution is -2.29. The van der Waals surface area contributed by atoms with Gasteiger partial charge in [-0.3, -0.25) is 4.79 Å². The molecule has 0 unspecified atom stereocenters. The molecule has 32 heavy (non-hydrogen) atoms. The van der Waals surface area contributed by atoms with Crippen LogP contribution in [0.5, 0.6) is 0 Å². The molecule has 4 rings (SSSR count). The van der Waals surface area contributed by atoms with Crippen LogP contribution in [0.4, 0.5) is 21.7 Å². The van der Waals surface area contributed by atoms with Gasteiger partial charge in [-0.15, -0.1) is 5.10 Å². The van der Waals surface area contributed by atoms with E-state index in [9.17, 15) is 14.0 Å². The van der Waals surface area contributed by atoms with Crippen LogP contribution in [0.3, 0.4) is 0 Å². The predicted molar refractivity (Wildman–Crippen MR) is 121 cm³/mol. The fraction of sp³-hybridized carbons (Fsp3) is 0.217. The number of fused-ring (bicyclic) bond motifs is 1. The number of carbonyl (C=O) groups is 1. The van der Waals surface area contributed by atoms with E-state index in [0.717, 1.165) is 15.8 Å². The third-order valence-corrected chi connectivity index (χ3v) is 5.28. The molecule has 0 bridgehead atoms. The van der Waals surface area contributed by atoms with Gasteiger partial charge < -0.3 is 10.6 Å². The minimum Gasteiger partial charge on any atom is -0.325 e. The Labute approximate surface area is 183 Å². The topological polar surface area (TPSA) is 93.3 Å². The van der Waals surface area contributed by atoms with Gasteiger partial charge >= 0.3 is 5.69 Å². The summed E-state index contributed by atoms with van der Waals surface area (Å²) in [6, 6.07) is 11.8. The van der Waals surface area contributed by atoms with Gasteiger partial charge in [0.1, 0.15) is 12.4 Å². The Kier molecular flexibility index (Phi) is 5.48. The van der Waals surface area contributed by atoms with Crippen molar-refractivity contribution in [2.75, 3.05) is 10.6 Å². The molecular formula is C23H23FN6O2. The van der Waals surface area contributed by atoms with Crippen LogP contribution in [0.2, 0.25) is 0 Å². The molecule has 0 aliphatic heterocycles. The van der Waals surface area contributed by atoms with Crippen molar-refractivity contribution < 1.29 is 9.18 Å². The average Bonchev–Trinajstić information content (AvgIpc) is 3.03. The molecule has 0 aliphatic carbocycles. The standard InChI is InChI=1S/C23H23FN6O2/c1-13-6-5-7-19(16(13)4)27-21(31)12-29-23(32)30-20(28-29)11-15(3)25-22(30)26-17-8-9-18(24)14(2)10-17/h5-11H,12H2,1-4H3,(H,25,26)(H,27,31). The summed E-state index contributed by atoms with van der Waals surface area (Å²) in [6.07, 6.45) is 0. The van der Waals surface area contributed by atoms with E-state index in [0.29, 0.717) is 28.3 Å². The van der Waals surface area contributed by atoms with Crippen LogP contribution in [0, 0.1) is 33.5 Å². The summed E-state index contributed by atoms with van der Waals surface area (Å²) in [4.78, 5) is 30.0. The zero-order valence-corrected chi connectivity index (χ0v) is 18.2. The van der Waals surface area contributed by atoms with Gasteiger partial charge in [0.15, 0.2) is 5.65 Å². The van der Waals surface area contributed by atoms with Crippen molar-refractivity contribution in [1.82, 2.24) is 19.2 Å². The first-order valence-electron chi connectivity index (χ1n) is 10.1. The molecule has 2 aromatic carbocycles. The first-order chi connectivity index (χ1) is 15.2. The van der Waals surface area contributed by atoms with Crippen molar-refractivity contribution >= 4 is 28.9 Å². The second-order valence-electron chi connectivity index (χ2n) is 7.74. The molecule has 2 aromatic heterocycles. The molecule has 0 atom stereocenters. The number of nitrogens with one attached hydrogen (secondary N) is 2. The highest BCUT2D eigenvalue weighted by Gasteiger charge is 2.16. The summed E-state index contributed by atoms with van der Waals surface area (Å²) in [5, 5.41) is 10.2. The quantitative estimate of drug-likeness (QED) is 0.500. The van der Waals surface area contributed by atoms with Gasteiger partial charge in [-0.2, -0.15) is 0 Å². The predicted octanol–water partition coefficient (Wildman–Crippen LogP) is 3.65.